The van der Waals surface area contributed by atoms with Crippen LogP contribution in [0.2, 0.25) is 0 Å². The number of alkyl halides is 3. The fourth-order valence-corrected chi connectivity index (χ4v) is 3.50. The Bertz CT molecular complexity index is 805. The van der Waals surface area contributed by atoms with Gasteiger partial charge in [0.1, 0.15) is 5.75 Å². The molecule has 3 rings (SSSR count). The number of benzene rings is 1. The van der Waals surface area contributed by atoms with Gasteiger partial charge in [-0.1, -0.05) is 30.3 Å². The highest BCUT2D eigenvalue weighted by Gasteiger charge is 2.29. The van der Waals surface area contributed by atoms with Crippen LogP contribution in [0.5, 0.6) is 5.75 Å². The highest BCUT2D eigenvalue weighted by atomic mass is 19.4. The van der Waals surface area contributed by atoms with Crippen molar-refractivity contribution in [3.05, 3.63) is 59.9 Å². The summed E-state index contributed by atoms with van der Waals surface area (Å²) in [5, 5.41) is 2.97. The van der Waals surface area contributed by atoms with E-state index in [9.17, 15) is 18.0 Å². The number of hydrogen-bond donors (Lipinski definition) is 1. The first-order valence-electron chi connectivity index (χ1n) is 10.0. The van der Waals surface area contributed by atoms with Crippen molar-refractivity contribution < 1.29 is 22.7 Å². The third-order valence-electron chi connectivity index (χ3n) is 5.17. The number of aromatic nitrogens is 1. The minimum Gasteiger partial charge on any atom is -0.483 e. The molecule has 0 aliphatic carbocycles. The Balaban J connectivity index is 1.44. The lowest BCUT2D eigenvalue weighted by atomic mass is 9.95. The zero-order valence-corrected chi connectivity index (χ0v) is 16.9. The molecule has 1 atom stereocenters. The lowest BCUT2D eigenvalue weighted by molar-refractivity contribution is -0.153. The van der Waals surface area contributed by atoms with Crippen LogP contribution in [0.15, 0.2) is 48.7 Å². The van der Waals surface area contributed by atoms with Crippen molar-refractivity contribution >= 4 is 5.91 Å². The second kappa shape index (κ2) is 9.93. The van der Waals surface area contributed by atoms with E-state index in [2.05, 4.69) is 32.1 Å². The highest BCUT2D eigenvalue weighted by Crippen LogP contribution is 2.22. The zero-order valence-electron chi connectivity index (χ0n) is 16.9. The SMILES string of the molecule is CC(NC(=O)C1CCN(Cc2ccccc2)CC1)c1ccc(OCC(F)(F)F)cn1. The summed E-state index contributed by atoms with van der Waals surface area (Å²) in [4.78, 5) is 19.1. The van der Waals surface area contributed by atoms with Gasteiger partial charge >= 0.3 is 6.18 Å². The van der Waals surface area contributed by atoms with Gasteiger partial charge in [-0.2, -0.15) is 13.2 Å². The molecule has 1 unspecified atom stereocenters. The Morgan fingerprint density at radius 3 is 2.50 bits per heavy atom. The van der Waals surface area contributed by atoms with Gasteiger partial charge in [0.25, 0.3) is 0 Å². The predicted molar refractivity (Wildman–Crippen MR) is 107 cm³/mol. The van der Waals surface area contributed by atoms with E-state index in [1.165, 1.54) is 17.8 Å². The number of ether oxygens (including phenoxy) is 1. The van der Waals surface area contributed by atoms with Crippen LogP contribution < -0.4 is 10.1 Å². The first-order chi connectivity index (χ1) is 14.3. The van der Waals surface area contributed by atoms with E-state index in [0.29, 0.717) is 5.69 Å². The van der Waals surface area contributed by atoms with Gasteiger partial charge in [-0.25, -0.2) is 0 Å². The van der Waals surface area contributed by atoms with Crippen LogP contribution in [0.3, 0.4) is 0 Å². The number of nitrogens with one attached hydrogen (secondary N) is 1. The lowest BCUT2D eigenvalue weighted by Gasteiger charge is -2.31. The molecule has 1 aliphatic heterocycles. The summed E-state index contributed by atoms with van der Waals surface area (Å²) in [5.74, 6) is -0.0182. The van der Waals surface area contributed by atoms with Gasteiger partial charge in [0.2, 0.25) is 5.91 Å². The average Bonchev–Trinajstić information content (AvgIpc) is 2.73. The van der Waals surface area contributed by atoms with Crippen LogP contribution in [-0.2, 0) is 11.3 Å². The molecule has 2 aromatic rings. The van der Waals surface area contributed by atoms with E-state index >= 15 is 0 Å². The number of piperidine rings is 1. The largest absolute Gasteiger partial charge is 0.483 e. The normalized spacial score (nSPS) is 16.8. The number of pyridine rings is 1. The topological polar surface area (TPSA) is 54.5 Å². The summed E-state index contributed by atoms with van der Waals surface area (Å²) in [5.41, 5.74) is 1.84. The van der Waals surface area contributed by atoms with Crippen molar-refractivity contribution in [3.8, 4) is 5.75 Å². The number of carbonyl (C=O) groups is 1. The zero-order chi connectivity index (χ0) is 21.6. The molecule has 0 bridgehead atoms. The Morgan fingerprint density at radius 1 is 1.20 bits per heavy atom. The van der Waals surface area contributed by atoms with Gasteiger partial charge in [0, 0.05) is 12.5 Å². The summed E-state index contributed by atoms with van der Waals surface area (Å²) in [6.07, 6.45) is -1.56. The number of rotatable bonds is 7. The Labute approximate surface area is 174 Å². The van der Waals surface area contributed by atoms with Crippen LogP contribution in [0.4, 0.5) is 13.2 Å². The van der Waals surface area contributed by atoms with Crippen molar-refractivity contribution in [2.75, 3.05) is 19.7 Å². The van der Waals surface area contributed by atoms with Crippen molar-refractivity contribution in [1.29, 1.82) is 0 Å². The number of halogens is 3. The molecule has 0 radical (unpaired) electrons. The highest BCUT2D eigenvalue weighted by molar-refractivity contribution is 5.79. The van der Waals surface area contributed by atoms with Crippen LogP contribution in [0, 0.1) is 5.92 Å². The number of amides is 1. The van der Waals surface area contributed by atoms with Gasteiger partial charge in [0.05, 0.1) is 17.9 Å². The summed E-state index contributed by atoms with van der Waals surface area (Å²) in [6, 6.07) is 12.9. The molecule has 1 aliphatic rings. The first kappa shape index (κ1) is 22.1. The van der Waals surface area contributed by atoms with E-state index < -0.39 is 12.8 Å². The molecule has 8 heteroatoms. The monoisotopic (exact) mass is 421 g/mol. The molecule has 1 fully saturated rings. The molecule has 162 valence electrons. The van der Waals surface area contributed by atoms with Gasteiger partial charge in [0.15, 0.2) is 6.61 Å². The Kier molecular flexibility index (Phi) is 7.31. The summed E-state index contributed by atoms with van der Waals surface area (Å²) in [7, 11) is 0. The third-order valence-corrected chi connectivity index (χ3v) is 5.17. The molecule has 1 saturated heterocycles. The second-order valence-corrected chi connectivity index (χ2v) is 7.59. The molecule has 1 amide bonds. The molecule has 5 nitrogen and oxygen atoms in total. The van der Waals surface area contributed by atoms with Gasteiger partial charge in [-0.05, 0) is 50.6 Å². The van der Waals surface area contributed by atoms with Gasteiger partial charge in [-0.3, -0.25) is 14.7 Å². The fourth-order valence-electron chi connectivity index (χ4n) is 3.50. The fraction of sp³-hybridized carbons (Fsp3) is 0.455. The van der Waals surface area contributed by atoms with Gasteiger partial charge in [-0.15, -0.1) is 0 Å². The number of likely N-dealkylation sites (tertiary alicyclic amines) is 1. The molecule has 0 saturated carbocycles. The van der Waals surface area contributed by atoms with Crippen molar-refractivity contribution in [3.63, 3.8) is 0 Å². The Morgan fingerprint density at radius 2 is 1.90 bits per heavy atom. The van der Waals surface area contributed by atoms with Crippen LogP contribution >= 0.6 is 0 Å². The van der Waals surface area contributed by atoms with Gasteiger partial charge < -0.3 is 10.1 Å². The van der Waals surface area contributed by atoms with E-state index in [-0.39, 0.29) is 23.6 Å². The summed E-state index contributed by atoms with van der Waals surface area (Å²) >= 11 is 0. The van der Waals surface area contributed by atoms with E-state index in [0.717, 1.165) is 32.5 Å². The predicted octanol–water partition coefficient (Wildman–Crippen LogP) is 4.11. The molecule has 1 aromatic carbocycles. The second-order valence-electron chi connectivity index (χ2n) is 7.59. The third kappa shape index (κ3) is 6.73. The molecule has 0 spiro atoms. The summed E-state index contributed by atoms with van der Waals surface area (Å²) in [6.45, 7) is 3.07. The van der Waals surface area contributed by atoms with Crippen molar-refractivity contribution in [2.24, 2.45) is 5.92 Å². The van der Waals surface area contributed by atoms with Crippen molar-refractivity contribution in [2.45, 2.75) is 38.5 Å². The molecule has 30 heavy (non-hydrogen) atoms. The standard InChI is InChI=1S/C22H26F3N3O2/c1-16(20-8-7-19(13-26-20)30-15-22(23,24)25)27-21(29)18-9-11-28(12-10-18)14-17-5-3-2-4-6-17/h2-8,13,16,18H,9-12,14-15H2,1H3,(H,27,29). The van der Waals surface area contributed by atoms with Crippen LogP contribution in [0.25, 0.3) is 0 Å². The summed E-state index contributed by atoms with van der Waals surface area (Å²) < 4.78 is 41.3. The maximum Gasteiger partial charge on any atom is 0.422 e. The minimum absolute atomic E-state index is 0.0129. The molecular weight excluding hydrogens is 395 g/mol. The minimum atomic E-state index is -4.39. The van der Waals surface area contributed by atoms with Crippen molar-refractivity contribution in [1.82, 2.24) is 15.2 Å². The van der Waals surface area contributed by atoms with E-state index in [1.807, 2.05) is 18.2 Å². The van der Waals surface area contributed by atoms with Crippen LogP contribution in [-0.4, -0.2) is 41.7 Å². The molecular formula is C22H26F3N3O2. The maximum absolute atomic E-state index is 12.6. The van der Waals surface area contributed by atoms with E-state index in [1.54, 1.807) is 13.0 Å². The number of carbonyl (C=O) groups excluding carboxylic acids is 1. The maximum atomic E-state index is 12.6. The number of nitrogens with zero attached hydrogens (tertiary/aromatic N) is 2. The van der Waals surface area contributed by atoms with Crippen LogP contribution in [0.1, 0.15) is 37.1 Å². The molecule has 2 heterocycles. The Hall–Kier alpha value is -2.61. The first-order valence-corrected chi connectivity index (χ1v) is 10.0. The van der Waals surface area contributed by atoms with E-state index in [4.69, 9.17) is 0 Å². The smallest absolute Gasteiger partial charge is 0.422 e. The quantitative estimate of drug-likeness (QED) is 0.731. The average molecular weight is 421 g/mol. The number of hydrogen-bond acceptors (Lipinski definition) is 4. The molecule has 1 N–H and O–H groups in total. The molecule has 1 aromatic heterocycles. The lowest BCUT2D eigenvalue weighted by Crippen LogP contribution is -2.41.